The van der Waals surface area contributed by atoms with Gasteiger partial charge in [-0.1, -0.05) is 6.08 Å². The first-order valence-corrected chi connectivity index (χ1v) is 5.12. The Morgan fingerprint density at radius 1 is 1.38 bits per heavy atom. The van der Waals surface area contributed by atoms with Crippen molar-refractivity contribution in [1.82, 2.24) is 4.98 Å². The summed E-state index contributed by atoms with van der Waals surface area (Å²) in [6, 6.07) is 7.55. The Labute approximate surface area is 94.1 Å². The van der Waals surface area contributed by atoms with Crippen LogP contribution in [0.4, 0.5) is 0 Å². The Hall–Kier alpha value is -1.87. The molecular formula is C13H13NO2. The molecule has 0 bridgehead atoms. The number of hydrogen-bond acceptors (Lipinski definition) is 3. The van der Waals surface area contributed by atoms with Crippen molar-refractivity contribution in [3.05, 3.63) is 48.5 Å². The summed E-state index contributed by atoms with van der Waals surface area (Å²) in [5.74, 6) is 1.50. The van der Waals surface area contributed by atoms with Crippen LogP contribution in [0.15, 0.2) is 47.2 Å². The summed E-state index contributed by atoms with van der Waals surface area (Å²) in [7, 11) is 0. The second kappa shape index (κ2) is 4.77. The lowest BCUT2D eigenvalue weighted by Crippen LogP contribution is -1.90. The fourth-order valence-electron chi connectivity index (χ4n) is 1.34. The third-order valence-electron chi connectivity index (χ3n) is 2.11. The topological polar surface area (TPSA) is 46.3 Å². The molecule has 1 unspecified atom stereocenters. The molecule has 0 aliphatic rings. The number of rotatable bonds is 3. The highest BCUT2D eigenvalue weighted by Crippen LogP contribution is 2.21. The maximum atomic E-state index is 9.10. The zero-order valence-electron chi connectivity index (χ0n) is 9.00. The van der Waals surface area contributed by atoms with Crippen molar-refractivity contribution in [3.8, 4) is 11.3 Å². The molecule has 2 aromatic heterocycles. The smallest absolute Gasteiger partial charge is 0.136 e. The normalized spacial score (nSPS) is 13.1. The van der Waals surface area contributed by atoms with Gasteiger partial charge in [-0.05, 0) is 37.3 Å². The second-order valence-electron chi connectivity index (χ2n) is 3.54. The summed E-state index contributed by atoms with van der Waals surface area (Å²) in [4.78, 5) is 4.03. The molecule has 0 saturated heterocycles. The van der Waals surface area contributed by atoms with Crippen LogP contribution < -0.4 is 0 Å². The molecule has 0 aliphatic heterocycles. The molecule has 0 radical (unpaired) electrons. The van der Waals surface area contributed by atoms with Crippen LogP contribution in [0.2, 0.25) is 0 Å². The number of aliphatic hydroxyl groups excluding tert-OH is 1. The third-order valence-corrected chi connectivity index (χ3v) is 2.11. The van der Waals surface area contributed by atoms with Crippen molar-refractivity contribution >= 4 is 6.08 Å². The summed E-state index contributed by atoms with van der Waals surface area (Å²) in [6.45, 7) is 1.70. The van der Waals surface area contributed by atoms with Gasteiger partial charge in [0.25, 0.3) is 0 Å². The van der Waals surface area contributed by atoms with Crippen molar-refractivity contribution in [2.45, 2.75) is 13.0 Å². The van der Waals surface area contributed by atoms with Gasteiger partial charge in [-0.2, -0.15) is 0 Å². The van der Waals surface area contributed by atoms with Gasteiger partial charge in [-0.3, -0.25) is 4.98 Å². The van der Waals surface area contributed by atoms with E-state index < -0.39 is 6.10 Å². The molecule has 2 heterocycles. The van der Waals surface area contributed by atoms with E-state index in [4.69, 9.17) is 9.52 Å². The van der Waals surface area contributed by atoms with Gasteiger partial charge in [0.2, 0.25) is 0 Å². The van der Waals surface area contributed by atoms with Gasteiger partial charge in [0.1, 0.15) is 11.5 Å². The van der Waals surface area contributed by atoms with Crippen molar-refractivity contribution in [1.29, 1.82) is 0 Å². The average Bonchev–Trinajstić information content (AvgIpc) is 2.76. The number of furan rings is 1. The predicted octanol–water partition coefficient (Wildman–Crippen LogP) is 2.74. The zero-order valence-corrected chi connectivity index (χ0v) is 9.00. The molecule has 2 aromatic rings. The van der Waals surface area contributed by atoms with Crippen molar-refractivity contribution < 1.29 is 9.52 Å². The number of aliphatic hydroxyl groups is 1. The highest BCUT2D eigenvalue weighted by molar-refractivity contribution is 5.58. The number of aromatic nitrogens is 1. The minimum atomic E-state index is -0.466. The first-order chi connectivity index (χ1) is 7.75. The van der Waals surface area contributed by atoms with Crippen molar-refractivity contribution in [2.75, 3.05) is 0 Å². The quantitative estimate of drug-likeness (QED) is 0.856. The second-order valence-corrected chi connectivity index (χ2v) is 3.54. The fraction of sp³-hybridized carbons (Fsp3) is 0.154. The van der Waals surface area contributed by atoms with Crippen LogP contribution in [0.5, 0.6) is 0 Å². The predicted molar refractivity (Wildman–Crippen MR) is 62.7 cm³/mol. The fourth-order valence-corrected chi connectivity index (χ4v) is 1.34. The molecule has 1 N–H and O–H groups in total. The van der Waals surface area contributed by atoms with E-state index >= 15 is 0 Å². The van der Waals surface area contributed by atoms with E-state index in [1.165, 1.54) is 0 Å². The van der Waals surface area contributed by atoms with Gasteiger partial charge in [0.05, 0.1) is 6.10 Å². The molecule has 0 aromatic carbocycles. The summed E-state index contributed by atoms with van der Waals surface area (Å²) in [6.07, 6.45) is 6.44. The maximum absolute atomic E-state index is 9.10. The van der Waals surface area contributed by atoms with E-state index in [-0.39, 0.29) is 0 Å². The van der Waals surface area contributed by atoms with Gasteiger partial charge < -0.3 is 9.52 Å². The molecule has 82 valence electrons. The van der Waals surface area contributed by atoms with E-state index in [9.17, 15) is 0 Å². The molecule has 0 aliphatic carbocycles. The average molecular weight is 215 g/mol. The molecular weight excluding hydrogens is 202 g/mol. The summed E-state index contributed by atoms with van der Waals surface area (Å²) < 4.78 is 5.58. The third kappa shape index (κ3) is 2.58. The SMILES string of the molecule is CC(O)/C=C/c1ccc(-c2cccnc2)o1. The molecule has 0 saturated carbocycles. The Kier molecular flexibility index (Phi) is 3.17. The first-order valence-electron chi connectivity index (χ1n) is 5.12. The summed E-state index contributed by atoms with van der Waals surface area (Å²) in [5.41, 5.74) is 0.944. The van der Waals surface area contributed by atoms with Crippen LogP contribution in [0.1, 0.15) is 12.7 Å². The number of pyridine rings is 1. The van der Waals surface area contributed by atoms with Gasteiger partial charge in [0.15, 0.2) is 0 Å². The molecule has 0 fully saturated rings. The number of nitrogens with zero attached hydrogens (tertiary/aromatic N) is 1. The minimum absolute atomic E-state index is 0.466. The Morgan fingerprint density at radius 3 is 2.94 bits per heavy atom. The lowest BCUT2D eigenvalue weighted by molar-refractivity contribution is 0.245. The molecule has 3 nitrogen and oxygen atoms in total. The van der Waals surface area contributed by atoms with Crippen LogP contribution >= 0.6 is 0 Å². The van der Waals surface area contributed by atoms with Gasteiger partial charge in [-0.25, -0.2) is 0 Å². The van der Waals surface area contributed by atoms with Crippen LogP contribution in [0.3, 0.4) is 0 Å². The van der Waals surface area contributed by atoms with Crippen LogP contribution in [0.25, 0.3) is 17.4 Å². The van der Waals surface area contributed by atoms with Crippen LogP contribution in [-0.2, 0) is 0 Å². The molecule has 2 rings (SSSR count). The molecule has 3 heteroatoms. The Balaban J connectivity index is 2.20. The van der Waals surface area contributed by atoms with Crippen molar-refractivity contribution in [3.63, 3.8) is 0 Å². The highest BCUT2D eigenvalue weighted by atomic mass is 16.3. The van der Waals surface area contributed by atoms with Crippen molar-refractivity contribution in [2.24, 2.45) is 0 Å². The lowest BCUT2D eigenvalue weighted by Gasteiger charge is -1.94. The van der Waals surface area contributed by atoms with Gasteiger partial charge in [-0.15, -0.1) is 0 Å². The largest absolute Gasteiger partial charge is 0.457 e. The minimum Gasteiger partial charge on any atom is -0.457 e. The highest BCUT2D eigenvalue weighted by Gasteiger charge is 2.02. The molecule has 0 spiro atoms. The summed E-state index contributed by atoms with van der Waals surface area (Å²) >= 11 is 0. The van der Waals surface area contributed by atoms with Gasteiger partial charge in [0, 0.05) is 18.0 Å². The van der Waals surface area contributed by atoms with Gasteiger partial charge >= 0.3 is 0 Å². The van der Waals surface area contributed by atoms with E-state index in [1.807, 2.05) is 24.3 Å². The molecule has 0 amide bonds. The van der Waals surface area contributed by atoms with E-state index in [2.05, 4.69) is 4.98 Å². The first kappa shape index (κ1) is 10.6. The zero-order chi connectivity index (χ0) is 11.4. The van der Waals surface area contributed by atoms with E-state index in [0.717, 1.165) is 17.1 Å². The Morgan fingerprint density at radius 2 is 2.25 bits per heavy atom. The molecule has 16 heavy (non-hydrogen) atoms. The maximum Gasteiger partial charge on any atom is 0.136 e. The standard InChI is InChI=1S/C13H13NO2/c1-10(15)4-5-12-6-7-13(16-12)11-3-2-8-14-9-11/h2-10,15H,1H3/b5-4+. The van der Waals surface area contributed by atoms with Crippen LogP contribution in [-0.4, -0.2) is 16.2 Å². The van der Waals surface area contributed by atoms with E-state index in [0.29, 0.717) is 0 Å². The summed E-state index contributed by atoms with van der Waals surface area (Å²) in [5, 5.41) is 9.10. The Bertz CT molecular complexity index is 472. The monoisotopic (exact) mass is 215 g/mol. The lowest BCUT2D eigenvalue weighted by atomic mass is 10.2. The number of hydrogen-bond donors (Lipinski definition) is 1. The molecule has 1 atom stereocenters. The van der Waals surface area contributed by atoms with E-state index in [1.54, 1.807) is 31.5 Å². The van der Waals surface area contributed by atoms with Crippen LogP contribution in [0, 0.1) is 0 Å².